The number of aromatic nitrogens is 3. The zero-order valence-electron chi connectivity index (χ0n) is 14.5. The van der Waals surface area contributed by atoms with Gasteiger partial charge in [0.25, 0.3) is 5.56 Å². The number of hydrogen-bond acceptors (Lipinski definition) is 5. The Morgan fingerprint density at radius 2 is 1.36 bits per heavy atom. The Morgan fingerprint density at radius 1 is 0.800 bits per heavy atom. The average molecular weight is 335 g/mol. The largest absolute Gasteiger partial charge is 0.356 e. The quantitative estimate of drug-likeness (QED) is 0.672. The molecule has 6 heteroatoms. The molecular formula is C19H21N5O. The molecule has 3 rings (SSSR count). The van der Waals surface area contributed by atoms with Gasteiger partial charge in [-0.3, -0.25) is 9.78 Å². The third-order valence-corrected chi connectivity index (χ3v) is 3.62. The molecule has 0 bridgehead atoms. The summed E-state index contributed by atoms with van der Waals surface area (Å²) in [6, 6.07) is 17.7. The molecule has 128 valence electrons. The van der Waals surface area contributed by atoms with Gasteiger partial charge in [0.2, 0.25) is 5.95 Å². The van der Waals surface area contributed by atoms with Crippen LogP contribution in [0.1, 0.15) is 26.5 Å². The molecule has 0 saturated carbocycles. The van der Waals surface area contributed by atoms with E-state index in [9.17, 15) is 4.79 Å². The van der Waals surface area contributed by atoms with Crippen molar-refractivity contribution in [3.63, 3.8) is 0 Å². The Labute approximate surface area is 146 Å². The summed E-state index contributed by atoms with van der Waals surface area (Å²) in [5.41, 5.74) is 2.65. The van der Waals surface area contributed by atoms with Crippen LogP contribution in [-0.4, -0.2) is 15.2 Å². The molecule has 0 aliphatic rings. The highest BCUT2D eigenvalue weighted by atomic mass is 16.1. The van der Waals surface area contributed by atoms with Gasteiger partial charge in [-0.1, -0.05) is 39.0 Å². The molecule has 0 saturated heterocycles. The van der Waals surface area contributed by atoms with Gasteiger partial charge in [0.1, 0.15) is 5.69 Å². The SMILES string of the molecule is CC(C)(C)c1nnc(Nc2ccc(Nc3ccccc3)cc2)[nH]c1=O. The summed E-state index contributed by atoms with van der Waals surface area (Å²) in [7, 11) is 0. The molecule has 0 aliphatic carbocycles. The highest BCUT2D eigenvalue weighted by Gasteiger charge is 2.20. The fraction of sp³-hybridized carbons (Fsp3) is 0.211. The van der Waals surface area contributed by atoms with E-state index in [1.807, 2.05) is 75.4 Å². The standard InChI is InChI=1S/C19H21N5O/c1-19(2,3)16-17(25)22-18(24-23-16)21-15-11-9-14(10-12-15)20-13-7-5-4-6-8-13/h4-12,20H,1-3H3,(H2,21,22,24,25). The maximum atomic E-state index is 12.1. The van der Waals surface area contributed by atoms with E-state index >= 15 is 0 Å². The molecule has 0 spiro atoms. The molecule has 1 heterocycles. The predicted octanol–water partition coefficient (Wildman–Crippen LogP) is 3.95. The van der Waals surface area contributed by atoms with E-state index in [4.69, 9.17) is 0 Å². The Bertz CT molecular complexity index is 896. The summed E-state index contributed by atoms with van der Waals surface area (Å²) < 4.78 is 0. The minimum absolute atomic E-state index is 0.229. The van der Waals surface area contributed by atoms with Crippen molar-refractivity contribution in [1.82, 2.24) is 15.2 Å². The number of para-hydroxylation sites is 1. The van der Waals surface area contributed by atoms with Gasteiger partial charge in [0.15, 0.2) is 0 Å². The molecule has 0 radical (unpaired) electrons. The van der Waals surface area contributed by atoms with Crippen LogP contribution in [0.2, 0.25) is 0 Å². The van der Waals surface area contributed by atoms with Crippen LogP contribution in [0.3, 0.4) is 0 Å². The first kappa shape index (κ1) is 16.7. The zero-order valence-corrected chi connectivity index (χ0v) is 14.5. The Morgan fingerprint density at radius 3 is 1.92 bits per heavy atom. The Hall–Kier alpha value is -3.15. The highest BCUT2D eigenvalue weighted by Crippen LogP contribution is 2.20. The van der Waals surface area contributed by atoms with Gasteiger partial charge in [-0.15, -0.1) is 10.2 Å². The normalized spacial score (nSPS) is 11.2. The number of nitrogens with one attached hydrogen (secondary N) is 3. The maximum absolute atomic E-state index is 12.1. The maximum Gasteiger partial charge on any atom is 0.274 e. The van der Waals surface area contributed by atoms with Crippen molar-refractivity contribution < 1.29 is 0 Å². The van der Waals surface area contributed by atoms with Crippen molar-refractivity contribution in [3.8, 4) is 0 Å². The second-order valence-corrected chi connectivity index (χ2v) is 6.79. The van der Waals surface area contributed by atoms with E-state index in [0.29, 0.717) is 11.6 Å². The van der Waals surface area contributed by atoms with E-state index < -0.39 is 0 Å². The number of benzene rings is 2. The lowest BCUT2D eigenvalue weighted by Crippen LogP contribution is -2.28. The first-order valence-electron chi connectivity index (χ1n) is 8.08. The summed E-state index contributed by atoms with van der Waals surface area (Å²) in [5, 5.41) is 14.5. The first-order chi connectivity index (χ1) is 11.9. The minimum atomic E-state index is -0.343. The molecule has 3 N–H and O–H groups in total. The Kier molecular flexibility index (Phi) is 4.52. The van der Waals surface area contributed by atoms with E-state index in [2.05, 4.69) is 25.8 Å². The molecule has 0 amide bonds. The minimum Gasteiger partial charge on any atom is -0.356 e. The first-order valence-corrected chi connectivity index (χ1v) is 8.08. The summed E-state index contributed by atoms with van der Waals surface area (Å²) in [6.07, 6.45) is 0. The average Bonchev–Trinajstić information content (AvgIpc) is 2.56. The van der Waals surface area contributed by atoms with E-state index in [0.717, 1.165) is 17.1 Å². The van der Waals surface area contributed by atoms with Crippen molar-refractivity contribution in [2.45, 2.75) is 26.2 Å². The summed E-state index contributed by atoms with van der Waals surface area (Å²) >= 11 is 0. The van der Waals surface area contributed by atoms with Gasteiger partial charge in [-0.05, 0) is 36.4 Å². The number of anilines is 4. The fourth-order valence-electron chi connectivity index (χ4n) is 2.35. The van der Waals surface area contributed by atoms with E-state index in [-0.39, 0.29) is 11.0 Å². The van der Waals surface area contributed by atoms with Crippen LogP contribution in [0.15, 0.2) is 59.4 Å². The molecule has 3 aromatic rings. The van der Waals surface area contributed by atoms with Crippen molar-refractivity contribution in [2.75, 3.05) is 10.6 Å². The second kappa shape index (κ2) is 6.76. The lowest BCUT2D eigenvalue weighted by atomic mass is 9.93. The van der Waals surface area contributed by atoms with Crippen LogP contribution in [-0.2, 0) is 5.41 Å². The number of nitrogens with zero attached hydrogens (tertiary/aromatic N) is 2. The van der Waals surface area contributed by atoms with Crippen molar-refractivity contribution in [3.05, 3.63) is 70.6 Å². The van der Waals surface area contributed by atoms with Crippen molar-refractivity contribution in [2.24, 2.45) is 0 Å². The van der Waals surface area contributed by atoms with Crippen LogP contribution in [0, 0.1) is 0 Å². The lowest BCUT2D eigenvalue weighted by Gasteiger charge is -2.15. The molecule has 0 unspecified atom stereocenters. The van der Waals surface area contributed by atoms with Gasteiger partial charge in [0.05, 0.1) is 0 Å². The van der Waals surface area contributed by atoms with Crippen LogP contribution in [0.5, 0.6) is 0 Å². The molecule has 0 aliphatic heterocycles. The molecule has 0 atom stereocenters. The van der Waals surface area contributed by atoms with Crippen LogP contribution >= 0.6 is 0 Å². The van der Waals surface area contributed by atoms with Crippen LogP contribution < -0.4 is 16.2 Å². The van der Waals surface area contributed by atoms with E-state index in [1.165, 1.54) is 0 Å². The lowest BCUT2D eigenvalue weighted by molar-refractivity contribution is 0.547. The summed E-state index contributed by atoms with van der Waals surface area (Å²) in [6.45, 7) is 5.79. The summed E-state index contributed by atoms with van der Waals surface area (Å²) in [4.78, 5) is 14.9. The molecule has 25 heavy (non-hydrogen) atoms. The zero-order chi connectivity index (χ0) is 17.9. The molecule has 6 nitrogen and oxygen atoms in total. The van der Waals surface area contributed by atoms with Crippen LogP contribution in [0.4, 0.5) is 23.0 Å². The van der Waals surface area contributed by atoms with Crippen LogP contribution in [0.25, 0.3) is 0 Å². The van der Waals surface area contributed by atoms with Gasteiger partial charge in [-0.25, -0.2) is 0 Å². The third-order valence-electron chi connectivity index (χ3n) is 3.62. The third kappa shape index (κ3) is 4.23. The van der Waals surface area contributed by atoms with E-state index in [1.54, 1.807) is 0 Å². The highest BCUT2D eigenvalue weighted by molar-refractivity contribution is 5.63. The smallest absolute Gasteiger partial charge is 0.274 e. The van der Waals surface area contributed by atoms with Gasteiger partial charge >= 0.3 is 0 Å². The number of rotatable bonds is 4. The number of aromatic amines is 1. The number of H-pyrrole nitrogens is 1. The molecule has 1 aromatic heterocycles. The van der Waals surface area contributed by atoms with Crippen molar-refractivity contribution in [1.29, 1.82) is 0 Å². The predicted molar refractivity (Wildman–Crippen MR) is 101 cm³/mol. The molecule has 2 aromatic carbocycles. The second-order valence-electron chi connectivity index (χ2n) is 6.79. The Balaban J connectivity index is 1.71. The topological polar surface area (TPSA) is 82.7 Å². The molecule has 0 fully saturated rings. The fourth-order valence-corrected chi connectivity index (χ4v) is 2.35. The number of hydrogen-bond donors (Lipinski definition) is 3. The summed E-state index contributed by atoms with van der Waals surface area (Å²) in [5.74, 6) is 0.321. The van der Waals surface area contributed by atoms with Crippen molar-refractivity contribution >= 4 is 23.0 Å². The van der Waals surface area contributed by atoms with Gasteiger partial charge in [-0.2, -0.15) is 0 Å². The van der Waals surface area contributed by atoms with Gasteiger partial charge in [0, 0.05) is 22.5 Å². The monoisotopic (exact) mass is 335 g/mol. The van der Waals surface area contributed by atoms with Gasteiger partial charge < -0.3 is 10.6 Å². The molecular weight excluding hydrogens is 314 g/mol.